The Morgan fingerprint density at radius 2 is 1.74 bits per heavy atom. The van der Waals surface area contributed by atoms with Gasteiger partial charge in [0.15, 0.2) is 17.3 Å². The van der Waals surface area contributed by atoms with Gasteiger partial charge < -0.3 is 24.1 Å². The lowest BCUT2D eigenvalue weighted by atomic mass is 10.2. The number of methoxy groups -OCH3 is 3. The summed E-state index contributed by atoms with van der Waals surface area (Å²) < 4.78 is 20.1. The number of imidazole rings is 1. The molecule has 4 aromatic rings. The Kier molecular flexibility index (Phi) is 6.73. The molecule has 1 aliphatic heterocycles. The molecular formula is C26H31ClN8O3. The van der Waals surface area contributed by atoms with Crippen LogP contribution < -0.4 is 19.5 Å². The molecule has 0 bridgehead atoms. The number of benzene rings is 1. The van der Waals surface area contributed by atoms with Gasteiger partial charge in [0.1, 0.15) is 17.7 Å². The lowest BCUT2D eigenvalue weighted by Crippen LogP contribution is -2.46. The topological polar surface area (TPSA) is 94.2 Å². The lowest BCUT2D eigenvalue weighted by Gasteiger charge is -2.34. The van der Waals surface area contributed by atoms with Crippen molar-refractivity contribution >= 4 is 28.8 Å². The largest absolute Gasteiger partial charge is 0.493 e. The molecule has 12 heteroatoms. The second kappa shape index (κ2) is 10.3. The first-order valence-corrected chi connectivity index (χ1v) is 13.1. The number of rotatable bonds is 9. The van der Waals surface area contributed by atoms with Gasteiger partial charge in [-0.1, -0.05) is 0 Å². The second-order valence-corrected chi connectivity index (χ2v) is 9.91. The van der Waals surface area contributed by atoms with Crippen LogP contribution in [0.3, 0.4) is 0 Å². The summed E-state index contributed by atoms with van der Waals surface area (Å²) in [6, 6.07) is 8.65. The number of fused-ring (bicyclic) bond motifs is 1. The van der Waals surface area contributed by atoms with Crippen molar-refractivity contribution in [2.45, 2.75) is 25.4 Å². The first-order chi connectivity index (χ1) is 18.6. The zero-order valence-corrected chi connectivity index (χ0v) is 22.5. The molecule has 11 nitrogen and oxygen atoms in total. The molecule has 0 radical (unpaired) electrons. The number of hydrogen-bond donors (Lipinski definition) is 1. The van der Waals surface area contributed by atoms with Gasteiger partial charge in [-0.2, -0.15) is 4.98 Å². The third-order valence-corrected chi connectivity index (χ3v) is 7.36. The molecule has 1 saturated heterocycles. The predicted molar refractivity (Wildman–Crippen MR) is 144 cm³/mol. The van der Waals surface area contributed by atoms with E-state index in [-0.39, 0.29) is 5.28 Å². The van der Waals surface area contributed by atoms with Crippen molar-refractivity contribution < 1.29 is 14.2 Å². The van der Waals surface area contributed by atoms with E-state index in [1.807, 2.05) is 33.5 Å². The highest BCUT2D eigenvalue weighted by molar-refractivity contribution is 6.28. The van der Waals surface area contributed by atoms with Gasteiger partial charge in [-0.3, -0.25) is 9.80 Å². The van der Waals surface area contributed by atoms with Crippen LogP contribution in [0.4, 0.5) is 11.6 Å². The normalized spacial score (nSPS) is 16.6. The average Bonchev–Trinajstić information content (AvgIpc) is 3.56. The van der Waals surface area contributed by atoms with E-state index in [0.717, 1.165) is 55.7 Å². The number of nitrogens with zero attached hydrogens (tertiary/aromatic N) is 7. The fourth-order valence-corrected chi connectivity index (χ4v) is 5.22. The summed E-state index contributed by atoms with van der Waals surface area (Å²) >= 11 is 6.35. The Bertz CT molecular complexity index is 1420. The highest BCUT2D eigenvalue weighted by atomic mass is 35.5. The Labute approximate surface area is 225 Å². The lowest BCUT2D eigenvalue weighted by molar-refractivity contribution is 0.120. The van der Waals surface area contributed by atoms with Crippen molar-refractivity contribution in [3.8, 4) is 22.9 Å². The van der Waals surface area contributed by atoms with Gasteiger partial charge in [0, 0.05) is 50.9 Å². The number of hydrogen-bond acceptors (Lipinski definition) is 9. The maximum absolute atomic E-state index is 6.35. The summed E-state index contributed by atoms with van der Waals surface area (Å²) in [5.41, 5.74) is 2.72. The molecule has 1 aromatic carbocycles. The number of ether oxygens (including phenoxy) is 3. The molecule has 6 rings (SSSR count). The first-order valence-electron chi connectivity index (χ1n) is 12.7. The molecule has 0 amide bonds. The third kappa shape index (κ3) is 4.84. The van der Waals surface area contributed by atoms with Gasteiger partial charge in [0.2, 0.25) is 11.0 Å². The van der Waals surface area contributed by atoms with Crippen molar-refractivity contribution in [3.63, 3.8) is 0 Å². The van der Waals surface area contributed by atoms with E-state index in [0.29, 0.717) is 28.9 Å². The molecule has 0 atom stereocenters. The highest BCUT2D eigenvalue weighted by Gasteiger charge is 2.31. The van der Waals surface area contributed by atoms with Gasteiger partial charge in [-0.25, -0.2) is 9.50 Å². The maximum atomic E-state index is 6.35. The summed E-state index contributed by atoms with van der Waals surface area (Å²) in [6.45, 7) is 5.20. The first kappa shape index (κ1) is 24.8. The molecule has 38 heavy (non-hydrogen) atoms. The molecular weight excluding hydrogens is 508 g/mol. The zero-order valence-electron chi connectivity index (χ0n) is 21.7. The molecule has 1 aliphatic carbocycles. The summed E-state index contributed by atoms with van der Waals surface area (Å²) in [4.78, 5) is 14.1. The van der Waals surface area contributed by atoms with Crippen LogP contribution in [0, 0.1) is 0 Å². The standard InChI is InChI=1S/C26H31ClN8O3/c1-36-21-12-19(13-22(37-2)24(21)38-3)34-15-23(28-16-34)29-25-20-7-6-18(35(20)31-26(27)30-25)14-32-8-10-33(11-9-32)17-4-5-17/h6-7,12-13,15-17H,4-5,8-11,14H2,1-3H3,(H,29,30,31). The van der Waals surface area contributed by atoms with Crippen molar-refractivity contribution in [2.24, 2.45) is 0 Å². The van der Waals surface area contributed by atoms with Crippen LogP contribution in [0.2, 0.25) is 5.28 Å². The van der Waals surface area contributed by atoms with Crippen LogP contribution in [-0.2, 0) is 6.54 Å². The van der Waals surface area contributed by atoms with E-state index in [1.54, 1.807) is 27.7 Å². The number of anilines is 2. The van der Waals surface area contributed by atoms with E-state index in [4.69, 9.17) is 25.8 Å². The molecule has 1 N–H and O–H groups in total. The summed E-state index contributed by atoms with van der Waals surface area (Å²) in [7, 11) is 4.76. The van der Waals surface area contributed by atoms with E-state index in [1.165, 1.54) is 12.8 Å². The Morgan fingerprint density at radius 1 is 1.00 bits per heavy atom. The quantitative estimate of drug-likeness (QED) is 0.343. The minimum absolute atomic E-state index is 0.167. The number of aromatic nitrogens is 5. The Hall–Kier alpha value is -3.54. The fourth-order valence-electron chi connectivity index (χ4n) is 5.06. The van der Waals surface area contributed by atoms with Crippen molar-refractivity contribution in [2.75, 3.05) is 52.8 Å². The summed E-state index contributed by atoms with van der Waals surface area (Å²) in [6.07, 6.45) is 6.27. The van der Waals surface area contributed by atoms with Crippen molar-refractivity contribution in [1.29, 1.82) is 0 Å². The number of nitrogens with one attached hydrogen (secondary N) is 1. The van der Waals surface area contributed by atoms with Gasteiger partial charge in [-0.05, 0) is 36.6 Å². The molecule has 1 saturated carbocycles. The fraction of sp³-hybridized carbons (Fsp3) is 0.423. The molecule has 2 fully saturated rings. The van der Waals surface area contributed by atoms with E-state index < -0.39 is 0 Å². The molecule has 0 unspecified atom stereocenters. The molecule has 200 valence electrons. The van der Waals surface area contributed by atoms with E-state index in [2.05, 4.69) is 36.2 Å². The van der Waals surface area contributed by atoms with Gasteiger partial charge in [0.05, 0.1) is 38.9 Å². The van der Waals surface area contributed by atoms with Crippen LogP contribution in [0.5, 0.6) is 17.2 Å². The smallest absolute Gasteiger partial charge is 0.243 e. The summed E-state index contributed by atoms with van der Waals surface area (Å²) in [5, 5.41) is 7.96. The average molecular weight is 539 g/mol. The number of halogens is 1. The third-order valence-electron chi connectivity index (χ3n) is 7.20. The molecule has 2 aliphatic rings. The molecule has 4 heterocycles. The van der Waals surface area contributed by atoms with Gasteiger partial charge >= 0.3 is 0 Å². The molecule has 0 spiro atoms. The predicted octanol–water partition coefficient (Wildman–Crippen LogP) is 3.62. The Balaban J connectivity index is 1.22. The zero-order chi connectivity index (χ0) is 26.2. The van der Waals surface area contributed by atoms with Crippen LogP contribution in [0.15, 0.2) is 36.8 Å². The minimum atomic E-state index is 0.167. The molecule has 3 aromatic heterocycles. The van der Waals surface area contributed by atoms with Gasteiger partial charge in [-0.15, -0.1) is 5.10 Å². The van der Waals surface area contributed by atoms with Crippen LogP contribution in [0.1, 0.15) is 18.5 Å². The van der Waals surface area contributed by atoms with Crippen molar-refractivity contribution in [3.05, 3.63) is 47.8 Å². The second-order valence-electron chi connectivity index (χ2n) is 9.57. The maximum Gasteiger partial charge on any atom is 0.243 e. The highest BCUT2D eigenvalue weighted by Crippen LogP contribution is 2.39. The monoisotopic (exact) mass is 538 g/mol. The van der Waals surface area contributed by atoms with E-state index >= 15 is 0 Å². The summed E-state index contributed by atoms with van der Waals surface area (Å²) in [5.74, 6) is 2.84. The SMILES string of the molecule is COc1cc(-n2cnc(Nc3nc(Cl)nn4c(CN5CCN(C6CC6)CC5)ccc34)c2)cc(OC)c1OC. The van der Waals surface area contributed by atoms with E-state index in [9.17, 15) is 0 Å². The van der Waals surface area contributed by atoms with Crippen molar-refractivity contribution in [1.82, 2.24) is 33.9 Å². The Morgan fingerprint density at radius 3 is 2.39 bits per heavy atom. The van der Waals surface area contributed by atoms with Crippen LogP contribution in [-0.4, -0.2) is 87.5 Å². The van der Waals surface area contributed by atoms with Crippen LogP contribution >= 0.6 is 11.6 Å². The minimum Gasteiger partial charge on any atom is -0.493 e. The van der Waals surface area contributed by atoms with Crippen LogP contribution in [0.25, 0.3) is 11.2 Å². The number of piperazine rings is 1. The van der Waals surface area contributed by atoms with Gasteiger partial charge in [0.25, 0.3) is 0 Å².